The van der Waals surface area contributed by atoms with Gasteiger partial charge in [-0.2, -0.15) is 5.10 Å². The number of carbonyl (C=O) groups is 1. The van der Waals surface area contributed by atoms with Crippen molar-refractivity contribution in [2.24, 2.45) is 0 Å². The van der Waals surface area contributed by atoms with Crippen LogP contribution >= 0.6 is 0 Å². The van der Waals surface area contributed by atoms with Crippen molar-refractivity contribution in [3.8, 4) is 0 Å². The Balaban J connectivity index is 0.000000126. The van der Waals surface area contributed by atoms with Gasteiger partial charge in [0.25, 0.3) is 0 Å². The lowest BCUT2D eigenvalue weighted by Gasteiger charge is -1.98. The van der Waals surface area contributed by atoms with Gasteiger partial charge in [-0.3, -0.25) is 9.89 Å². The molecule has 3 aromatic rings. The van der Waals surface area contributed by atoms with E-state index in [9.17, 15) is 4.79 Å². The molecule has 0 aromatic carbocycles. The second-order valence-electron chi connectivity index (χ2n) is 4.94. The molecule has 0 fully saturated rings. The zero-order chi connectivity index (χ0) is 14.8. The van der Waals surface area contributed by atoms with Crippen molar-refractivity contribution in [2.45, 2.75) is 20.3 Å². The summed E-state index contributed by atoms with van der Waals surface area (Å²) in [5.41, 5.74) is 4.24. The molecule has 6 heteroatoms. The molecule has 4 rings (SSSR count). The van der Waals surface area contributed by atoms with Crippen molar-refractivity contribution in [3.63, 3.8) is 0 Å². The van der Waals surface area contributed by atoms with E-state index in [1.54, 1.807) is 18.6 Å². The SMILES string of the molecule is Cc1ccnc2[nH]ncc12.Cc1ccnc2c1CC(=O)N2. The Labute approximate surface area is 121 Å². The summed E-state index contributed by atoms with van der Waals surface area (Å²) in [5.74, 6) is 0.775. The first-order chi connectivity index (χ1) is 10.1. The normalized spacial score (nSPS) is 12.6. The van der Waals surface area contributed by atoms with Crippen LogP contribution in [0.1, 0.15) is 16.7 Å². The third kappa shape index (κ3) is 2.60. The van der Waals surface area contributed by atoms with Gasteiger partial charge in [0.05, 0.1) is 12.6 Å². The summed E-state index contributed by atoms with van der Waals surface area (Å²) in [7, 11) is 0. The smallest absolute Gasteiger partial charge is 0.230 e. The van der Waals surface area contributed by atoms with Crippen LogP contribution in [-0.2, 0) is 11.2 Å². The topological polar surface area (TPSA) is 83.6 Å². The van der Waals surface area contributed by atoms with Crippen LogP contribution in [0.3, 0.4) is 0 Å². The maximum Gasteiger partial charge on any atom is 0.230 e. The van der Waals surface area contributed by atoms with Crippen LogP contribution in [0.25, 0.3) is 11.0 Å². The number of amides is 1. The lowest BCUT2D eigenvalue weighted by Crippen LogP contribution is -2.04. The highest BCUT2D eigenvalue weighted by Gasteiger charge is 2.19. The van der Waals surface area contributed by atoms with E-state index in [4.69, 9.17) is 0 Å². The van der Waals surface area contributed by atoms with Gasteiger partial charge in [-0.05, 0) is 37.1 Å². The number of aryl methyl sites for hydroxylation is 2. The van der Waals surface area contributed by atoms with Gasteiger partial charge >= 0.3 is 0 Å². The predicted molar refractivity (Wildman–Crippen MR) is 79.9 cm³/mol. The van der Waals surface area contributed by atoms with Gasteiger partial charge < -0.3 is 5.32 Å². The lowest BCUT2D eigenvalue weighted by molar-refractivity contribution is -0.115. The van der Waals surface area contributed by atoms with Crippen LogP contribution < -0.4 is 5.32 Å². The number of aromatic amines is 1. The number of hydrogen-bond acceptors (Lipinski definition) is 4. The molecule has 0 bridgehead atoms. The predicted octanol–water partition coefficient (Wildman–Crippen LogP) is 2.15. The number of nitrogens with one attached hydrogen (secondary N) is 2. The molecule has 0 atom stereocenters. The molecule has 2 N–H and O–H groups in total. The molecular weight excluding hydrogens is 266 g/mol. The minimum absolute atomic E-state index is 0.0433. The molecule has 4 heterocycles. The summed E-state index contributed by atoms with van der Waals surface area (Å²) in [6.07, 6.45) is 5.75. The zero-order valence-electron chi connectivity index (χ0n) is 11.8. The molecule has 0 saturated heterocycles. The molecule has 0 unspecified atom stereocenters. The molecule has 1 amide bonds. The summed E-state index contributed by atoms with van der Waals surface area (Å²) >= 11 is 0. The van der Waals surface area contributed by atoms with Crippen molar-refractivity contribution >= 4 is 22.8 Å². The van der Waals surface area contributed by atoms with Gasteiger partial charge in [0.2, 0.25) is 5.91 Å². The number of hydrogen-bond donors (Lipinski definition) is 2. The van der Waals surface area contributed by atoms with E-state index in [1.807, 2.05) is 26.0 Å². The summed E-state index contributed by atoms with van der Waals surface area (Å²) < 4.78 is 0. The van der Waals surface area contributed by atoms with Gasteiger partial charge in [0.1, 0.15) is 5.82 Å². The van der Waals surface area contributed by atoms with Gasteiger partial charge in [-0.25, -0.2) is 9.97 Å². The highest BCUT2D eigenvalue weighted by Crippen LogP contribution is 2.22. The van der Waals surface area contributed by atoms with Crippen LogP contribution in [0.5, 0.6) is 0 Å². The fraction of sp³-hybridized carbons (Fsp3) is 0.200. The molecule has 1 aliphatic rings. The number of anilines is 1. The van der Waals surface area contributed by atoms with E-state index in [2.05, 4.69) is 25.5 Å². The van der Waals surface area contributed by atoms with E-state index in [1.165, 1.54) is 5.56 Å². The van der Waals surface area contributed by atoms with Crippen molar-refractivity contribution in [2.75, 3.05) is 5.32 Å². The minimum Gasteiger partial charge on any atom is -0.310 e. The van der Waals surface area contributed by atoms with E-state index < -0.39 is 0 Å². The Kier molecular flexibility index (Phi) is 3.35. The Morgan fingerprint density at radius 3 is 2.62 bits per heavy atom. The maximum atomic E-state index is 10.9. The lowest BCUT2D eigenvalue weighted by atomic mass is 10.1. The van der Waals surface area contributed by atoms with Gasteiger partial charge in [0.15, 0.2) is 5.65 Å². The third-order valence-electron chi connectivity index (χ3n) is 3.46. The van der Waals surface area contributed by atoms with Crippen LogP contribution in [0.4, 0.5) is 5.82 Å². The van der Waals surface area contributed by atoms with Crippen LogP contribution in [-0.4, -0.2) is 26.1 Å². The number of H-pyrrole nitrogens is 1. The average molecular weight is 281 g/mol. The second kappa shape index (κ2) is 5.32. The number of fused-ring (bicyclic) bond motifs is 2. The molecule has 1 aliphatic heterocycles. The van der Waals surface area contributed by atoms with Crippen molar-refractivity contribution in [1.29, 1.82) is 0 Å². The van der Waals surface area contributed by atoms with E-state index in [0.717, 1.165) is 28.0 Å². The number of pyridine rings is 2. The second-order valence-corrected chi connectivity index (χ2v) is 4.94. The van der Waals surface area contributed by atoms with E-state index >= 15 is 0 Å². The van der Waals surface area contributed by atoms with Crippen LogP contribution in [0, 0.1) is 13.8 Å². The molecule has 0 aliphatic carbocycles. The summed E-state index contributed by atoms with van der Waals surface area (Å²) in [6.45, 7) is 4.03. The largest absolute Gasteiger partial charge is 0.310 e. The molecule has 6 nitrogen and oxygen atoms in total. The summed E-state index contributed by atoms with van der Waals surface area (Å²) in [5, 5.41) is 10.5. The highest BCUT2D eigenvalue weighted by molar-refractivity contribution is 5.98. The Hall–Kier alpha value is -2.76. The number of nitrogens with zero attached hydrogens (tertiary/aromatic N) is 3. The quantitative estimate of drug-likeness (QED) is 0.661. The standard InChI is InChI=1S/C8H8N2O.C7H7N3/c1-5-2-3-9-8-6(5)4-7(11)10-8;1-5-2-3-8-7-6(5)4-9-10-7/h2-3H,4H2,1H3,(H,9,10,11);2-4H,1H3,(H,8,9,10). The molecule has 0 saturated carbocycles. The Bertz CT molecular complexity index is 809. The Morgan fingerprint density at radius 1 is 1.10 bits per heavy atom. The fourth-order valence-electron chi connectivity index (χ4n) is 2.24. The monoisotopic (exact) mass is 281 g/mol. The minimum atomic E-state index is 0.0433. The van der Waals surface area contributed by atoms with Crippen molar-refractivity contribution < 1.29 is 4.79 Å². The molecule has 0 spiro atoms. The van der Waals surface area contributed by atoms with Crippen molar-refractivity contribution in [3.05, 3.63) is 47.4 Å². The fourth-order valence-corrected chi connectivity index (χ4v) is 2.24. The molecular formula is C15H15N5O. The number of rotatable bonds is 0. The van der Waals surface area contributed by atoms with Crippen LogP contribution in [0.15, 0.2) is 30.7 Å². The van der Waals surface area contributed by atoms with Gasteiger partial charge in [-0.1, -0.05) is 0 Å². The molecule has 3 aromatic heterocycles. The van der Waals surface area contributed by atoms with E-state index in [-0.39, 0.29) is 5.91 Å². The number of carbonyl (C=O) groups excluding carboxylic acids is 1. The summed E-state index contributed by atoms with van der Waals surface area (Å²) in [6, 6.07) is 3.89. The average Bonchev–Trinajstić information content (AvgIpc) is 3.06. The maximum absolute atomic E-state index is 10.9. The molecule has 0 radical (unpaired) electrons. The molecule has 106 valence electrons. The first-order valence-corrected chi connectivity index (χ1v) is 6.64. The zero-order valence-corrected chi connectivity index (χ0v) is 11.8. The summed E-state index contributed by atoms with van der Waals surface area (Å²) in [4.78, 5) is 19.0. The first-order valence-electron chi connectivity index (χ1n) is 6.64. The van der Waals surface area contributed by atoms with Gasteiger partial charge in [-0.15, -0.1) is 0 Å². The first kappa shape index (κ1) is 13.2. The van der Waals surface area contributed by atoms with Gasteiger partial charge in [0, 0.05) is 23.3 Å². The third-order valence-corrected chi connectivity index (χ3v) is 3.46. The number of aromatic nitrogens is 4. The van der Waals surface area contributed by atoms with Crippen molar-refractivity contribution in [1.82, 2.24) is 20.2 Å². The van der Waals surface area contributed by atoms with E-state index in [0.29, 0.717) is 6.42 Å². The Morgan fingerprint density at radius 2 is 1.86 bits per heavy atom. The highest BCUT2D eigenvalue weighted by atomic mass is 16.1. The molecule has 21 heavy (non-hydrogen) atoms. The van der Waals surface area contributed by atoms with Crippen LogP contribution in [0.2, 0.25) is 0 Å².